The van der Waals surface area contributed by atoms with Gasteiger partial charge in [-0.25, -0.2) is 0 Å². The summed E-state index contributed by atoms with van der Waals surface area (Å²) >= 11 is 0. The molecule has 94 valence electrons. The van der Waals surface area contributed by atoms with Crippen LogP contribution in [0, 0.1) is 6.92 Å². The largest absolute Gasteiger partial charge is 0.507 e. The van der Waals surface area contributed by atoms with Gasteiger partial charge in [0.1, 0.15) is 5.75 Å². The highest BCUT2D eigenvalue weighted by Crippen LogP contribution is 2.38. The fourth-order valence-corrected chi connectivity index (χ4v) is 2.25. The first-order valence-electron chi connectivity index (χ1n) is 6.15. The molecule has 0 bridgehead atoms. The van der Waals surface area contributed by atoms with Gasteiger partial charge in [-0.05, 0) is 45.8 Å². The highest BCUT2D eigenvalue weighted by Gasteiger charge is 2.38. The van der Waals surface area contributed by atoms with Gasteiger partial charge in [-0.2, -0.15) is 0 Å². The van der Waals surface area contributed by atoms with Crippen LogP contribution in [-0.4, -0.2) is 29.6 Å². The van der Waals surface area contributed by atoms with Gasteiger partial charge in [-0.15, -0.1) is 0 Å². The summed E-state index contributed by atoms with van der Waals surface area (Å²) in [5, 5.41) is 10.3. The fourth-order valence-electron chi connectivity index (χ4n) is 2.25. The predicted molar refractivity (Wildman–Crippen MR) is 70.1 cm³/mol. The van der Waals surface area contributed by atoms with Crippen LogP contribution in [-0.2, 0) is 13.0 Å². The van der Waals surface area contributed by atoms with Crippen molar-refractivity contribution in [2.24, 2.45) is 5.73 Å². The van der Waals surface area contributed by atoms with Crippen LogP contribution < -0.4 is 5.73 Å². The van der Waals surface area contributed by atoms with Gasteiger partial charge in [-0.1, -0.05) is 17.7 Å². The van der Waals surface area contributed by atoms with E-state index in [0.29, 0.717) is 5.75 Å². The van der Waals surface area contributed by atoms with Crippen molar-refractivity contribution in [3.63, 3.8) is 0 Å². The highest BCUT2D eigenvalue weighted by atomic mass is 16.3. The molecule has 0 saturated heterocycles. The lowest BCUT2D eigenvalue weighted by Gasteiger charge is -2.17. The molecule has 0 atom stereocenters. The van der Waals surface area contributed by atoms with Crippen LogP contribution >= 0.6 is 0 Å². The Morgan fingerprint density at radius 2 is 1.88 bits per heavy atom. The molecule has 0 amide bonds. The zero-order chi connectivity index (χ0) is 12.6. The molecular weight excluding hydrogens is 212 g/mol. The number of rotatable bonds is 4. The number of benzene rings is 1. The lowest BCUT2D eigenvalue weighted by molar-refractivity contribution is 0.383. The zero-order valence-electron chi connectivity index (χ0n) is 11.0. The van der Waals surface area contributed by atoms with Crippen molar-refractivity contribution < 1.29 is 5.11 Å². The number of aryl methyl sites for hydroxylation is 1. The smallest absolute Gasteiger partial charge is 0.123 e. The standard InChI is InChI=1S/C14H22N2O/c1-10-6-11(8-14(15)4-5-14)13(17)12(7-10)9-16(2)3/h6-7,17H,4-5,8-9,15H2,1-3H3. The molecule has 1 aromatic rings. The van der Waals surface area contributed by atoms with E-state index in [0.717, 1.165) is 36.9 Å². The summed E-state index contributed by atoms with van der Waals surface area (Å²) in [7, 11) is 4.01. The van der Waals surface area contributed by atoms with Gasteiger partial charge in [0, 0.05) is 17.6 Å². The number of nitrogens with two attached hydrogens (primary N) is 1. The zero-order valence-corrected chi connectivity index (χ0v) is 11.0. The molecule has 1 aliphatic carbocycles. The van der Waals surface area contributed by atoms with Gasteiger partial charge in [0.05, 0.1) is 0 Å². The molecule has 1 aromatic carbocycles. The summed E-state index contributed by atoms with van der Waals surface area (Å²) in [5.41, 5.74) is 9.26. The van der Waals surface area contributed by atoms with Crippen LogP contribution in [0.3, 0.4) is 0 Å². The van der Waals surface area contributed by atoms with Gasteiger partial charge >= 0.3 is 0 Å². The molecule has 2 rings (SSSR count). The van der Waals surface area contributed by atoms with Crippen LogP contribution in [0.4, 0.5) is 0 Å². The minimum Gasteiger partial charge on any atom is -0.507 e. The molecule has 0 heterocycles. The van der Waals surface area contributed by atoms with E-state index < -0.39 is 0 Å². The third kappa shape index (κ3) is 2.99. The van der Waals surface area contributed by atoms with Crippen molar-refractivity contribution in [1.82, 2.24) is 4.90 Å². The van der Waals surface area contributed by atoms with E-state index >= 15 is 0 Å². The normalized spacial score (nSPS) is 17.5. The van der Waals surface area contributed by atoms with E-state index in [4.69, 9.17) is 5.73 Å². The van der Waals surface area contributed by atoms with Crippen LogP contribution in [0.1, 0.15) is 29.5 Å². The van der Waals surface area contributed by atoms with E-state index in [-0.39, 0.29) is 5.54 Å². The third-order valence-electron chi connectivity index (χ3n) is 3.33. The van der Waals surface area contributed by atoms with Gasteiger partial charge in [0.25, 0.3) is 0 Å². The van der Waals surface area contributed by atoms with E-state index in [1.165, 1.54) is 5.56 Å². The van der Waals surface area contributed by atoms with Crippen molar-refractivity contribution >= 4 is 0 Å². The first kappa shape index (κ1) is 12.4. The third-order valence-corrected chi connectivity index (χ3v) is 3.33. The number of phenolic OH excluding ortho intramolecular Hbond substituents is 1. The van der Waals surface area contributed by atoms with Crippen molar-refractivity contribution in [3.8, 4) is 5.75 Å². The Morgan fingerprint density at radius 1 is 1.29 bits per heavy atom. The van der Waals surface area contributed by atoms with Gasteiger partial charge < -0.3 is 15.7 Å². The Bertz CT molecular complexity index is 422. The molecule has 3 N–H and O–H groups in total. The molecule has 3 heteroatoms. The average Bonchev–Trinajstić information content (AvgIpc) is 2.90. The van der Waals surface area contributed by atoms with E-state index in [1.807, 2.05) is 14.1 Å². The summed E-state index contributed by atoms with van der Waals surface area (Å²) in [4.78, 5) is 2.06. The molecule has 1 aliphatic rings. The quantitative estimate of drug-likeness (QED) is 0.835. The molecule has 0 unspecified atom stereocenters. The fraction of sp³-hybridized carbons (Fsp3) is 0.571. The number of nitrogens with zero attached hydrogens (tertiary/aromatic N) is 1. The Balaban J connectivity index is 2.28. The maximum absolute atomic E-state index is 10.3. The van der Waals surface area contributed by atoms with Crippen molar-refractivity contribution in [2.45, 2.75) is 38.3 Å². The molecule has 0 aliphatic heterocycles. The predicted octanol–water partition coefficient (Wildman–Crippen LogP) is 1.80. The first-order chi connectivity index (χ1) is 7.89. The summed E-state index contributed by atoms with van der Waals surface area (Å²) in [6.45, 7) is 2.83. The topological polar surface area (TPSA) is 49.5 Å². The number of hydrogen-bond acceptors (Lipinski definition) is 3. The van der Waals surface area contributed by atoms with Crippen LogP contribution in [0.2, 0.25) is 0 Å². The summed E-state index contributed by atoms with van der Waals surface area (Å²) in [6.07, 6.45) is 2.94. The Labute approximate surface area is 103 Å². The molecule has 1 saturated carbocycles. The highest BCUT2D eigenvalue weighted by molar-refractivity contribution is 5.44. The van der Waals surface area contributed by atoms with Crippen molar-refractivity contribution in [3.05, 3.63) is 28.8 Å². The lowest BCUT2D eigenvalue weighted by atomic mass is 9.98. The Hall–Kier alpha value is -1.06. The van der Waals surface area contributed by atoms with Crippen LogP contribution in [0.5, 0.6) is 5.75 Å². The second-order valence-corrected chi connectivity index (χ2v) is 5.71. The number of phenols is 1. The van der Waals surface area contributed by atoms with Gasteiger partial charge in [-0.3, -0.25) is 0 Å². The van der Waals surface area contributed by atoms with E-state index in [2.05, 4.69) is 24.0 Å². The number of aromatic hydroxyl groups is 1. The van der Waals surface area contributed by atoms with Crippen molar-refractivity contribution in [1.29, 1.82) is 0 Å². The summed E-state index contributed by atoms with van der Waals surface area (Å²) < 4.78 is 0. The second-order valence-electron chi connectivity index (χ2n) is 5.71. The second kappa shape index (κ2) is 4.31. The molecule has 0 aromatic heterocycles. The van der Waals surface area contributed by atoms with Crippen LogP contribution in [0.15, 0.2) is 12.1 Å². The minimum absolute atomic E-state index is 0.0549. The Morgan fingerprint density at radius 3 is 2.41 bits per heavy atom. The van der Waals surface area contributed by atoms with Gasteiger partial charge in [0.15, 0.2) is 0 Å². The van der Waals surface area contributed by atoms with Gasteiger partial charge in [0.2, 0.25) is 0 Å². The van der Waals surface area contributed by atoms with E-state index in [9.17, 15) is 5.11 Å². The molecule has 0 spiro atoms. The Kier molecular flexibility index (Phi) is 3.15. The SMILES string of the molecule is Cc1cc(CN(C)C)c(O)c(CC2(N)CC2)c1. The molecule has 0 radical (unpaired) electrons. The average molecular weight is 234 g/mol. The van der Waals surface area contributed by atoms with E-state index in [1.54, 1.807) is 0 Å². The van der Waals surface area contributed by atoms with Crippen LogP contribution in [0.25, 0.3) is 0 Å². The molecule has 1 fully saturated rings. The minimum atomic E-state index is -0.0549. The maximum Gasteiger partial charge on any atom is 0.123 e. The lowest BCUT2D eigenvalue weighted by Crippen LogP contribution is -2.24. The monoisotopic (exact) mass is 234 g/mol. The molecule has 3 nitrogen and oxygen atoms in total. The maximum atomic E-state index is 10.3. The molecular formula is C14H22N2O. The number of hydrogen-bond donors (Lipinski definition) is 2. The molecule has 17 heavy (non-hydrogen) atoms. The summed E-state index contributed by atoms with van der Waals surface area (Å²) in [6, 6.07) is 4.11. The van der Waals surface area contributed by atoms with Crippen molar-refractivity contribution in [2.75, 3.05) is 14.1 Å². The first-order valence-corrected chi connectivity index (χ1v) is 6.15. The summed E-state index contributed by atoms with van der Waals surface area (Å²) in [5.74, 6) is 0.432.